The van der Waals surface area contributed by atoms with Crippen LogP contribution in [0.15, 0.2) is 24.3 Å². The maximum Gasteiger partial charge on any atom is 0.269 e. The van der Waals surface area contributed by atoms with E-state index in [1.54, 1.807) is 19.3 Å². The molecular formula is C16H24N2O4. The topological polar surface area (TPSA) is 125 Å². The zero-order valence-corrected chi connectivity index (χ0v) is 12.7. The second-order valence-corrected chi connectivity index (χ2v) is 7.17. The number of hydrogen-bond donors (Lipinski definition) is 1. The summed E-state index contributed by atoms with van der Waals surface area (Å²) in [6.07, 6.45) is 9.02. The third-order valence-electron chi connectivity index (χ3n) is 5.21. The summed E-state index contributed by atoms with van der Waals surface area (Å²) in [5, 5.41) is 20.4. The first-order valence-corrected chi connectivity index (χ1v) is 7.70. The fourth-order valence-corrected chi connectivity index (χ4v) is 4.86. The van der Waals surface area contributed by atoms with E-state index in [0.29, 0.717) is 5.54 Å². The van der Waals surface area contributed by atoms with Crippen LogP contribution in [0.3, 0.4) is 0 Å². The summed E-state index contributed by atoms with van der Waals surface area (Å²) in [5.41, 5.74) is 4.92. The smallest absolute Gasteiger partial charge is 0.269 e. The molecule has 0 amide bonds. The van der Waals surface area contributed by atoms with Crippen molar-refractivity contribution < 1.29 is 21.2 Å². The highest BCUT2D eigenvalue weighted by Crippen LogP contribution is 2.53. The first-order valence-electron chi connectivity index (χ1n) is 7.70. The second kappa shape index (κ2) is 6.22. The van der Waals surface area contributed by atoms with Crippen molar-refractivity contribution in [2.24, 2.45) is 17.8 Å². The molecule has 0 aromatic heterocycles. The summed E-state index contributed by atoms with van der Waals surface area (Å²) in [5.74, 6) is 3.03. The van der Waals surface area contributed by atoms with E-state index in [1.807, 2.05) is 0 Å². The van der Waals surface area contributed by atoms with Gasteiger partial charge in [0.25, 0.3) is 5.69 Å². The average molecular weight is 308 g/mol. The number of nitrogens with zero attached hydrogens (tertiary/aromatic N) is 1. The first-order chi connectivity index (χ1) is 9.93. The molecule has 1 aromatic rings. The molecule has 6 heteroatoms. The van der Waals surface area contributed by atoms with Gasteiger partial charge in [-0.05, 0) is 37.0 Å². The lowest BCUT2D eigenvalue weighted by atomic mass is 9.53. The van der Waals surface area contributed by atoms with Gasteiger partial charge in [-0.1, -0.05) is 12.1 Å². The van der Waals surface area contributed by atoms with Gasteiger partial charge in [-0.25, -0.2) is 0 Å². The number of rotatable bonds is 1. The van der Waals surface area contributed by atoms with Crippen molar-refractivity contribution >= 4 is 5.69 Å². The molecule has 0 atom stereocenters. The maximum atomic E-state index is 10.4. The third-order valence-corrected chi connectivity index (χ3v) is 5.21. The second-order valence-electron chi connectivity index (χ2n) is 7.17. The Morgan fingerprint density at radius 3 is 1.73 bits per heavy atom. The van der Waals surface area contributed by atoms with Gasteiger partial charge in [0, 0.05) is 31.4 Å². The Labute approximate surface area is 129 Å². The van der Waals surface area contributed by atoms with E-state index in [9.17, 15) is 15.2 Å². The molecule has 0 unspecified atom stereocenters. The Balaban J connectivity index is 0.000000154. The molecule has 5 rings (SSSR count). The van der Waals surface area contributed by atoms with Gasteiger partial charge < -0.3 is 16.3 Å². The van der Waals surface area contributed by atoms with Crippen molar-refractivity contribution in [3.8, 4) is 5.75 Å². The van der Waals surface area contributed by atoms with E-state index in [0.717, 1.165) is 29.9 Å². The minimum Gasteiger partial charge on any atom is -0.872 e. The van der Waals surface area contributed by atoms with Gasteiger partial charge in [-0.3, -0.25) is 10.1 Å². The number of hydrogen-bond acceptors (Lipinski definition) is 3. The fourth-order valence-electron chi connectivity index (χ4n) is 4.86. The monoisotopic (exact) mass is 308 g/mol. The van der Waals surface area contributed by atoms with Crippen LogP contribution in [0.4, 0.5) is 5.69 Å². The number of benzene rings is 1. The highest BCUT2D eigenvalue weighted by molar-refractivity contribution is 5.34. The van der Waals surface area contributed by atoms with Crippen molar-refractivity contribution in [1.82, 2.24) is 0 Å². The Morgan fingerprint density at radius 1 is 1.00 bits per heavy atom. The normalized spacial score (nSPS) is 34.3. The van der Waals surface area contributed by atoms with Crippen molar-refractivity contribution in [3.63, 3.8) is 0 Å². The molecule has 0 heterocycles. The molecule has 4 saturated carbocycles. The summed E-state index contributed by atoms with van der Waals surface area (Å²) >= 11 is 0. The van der Waals surface area contributed by atoms with Gasteiger partial charge in [0.05, 0.1) is 10.5 Å². The number of nitro benzene ring substituents is 1. The highest BCUT2D eigenvalue weighted by atomic mass is 16.6. The standard InChI is InChI=1S/C10H17N.C6H5NO3.H2O/c11-10-4-7-1-8(5-10)3-9(2-7)6-10;8-6-3-1-5(2-4-6)7(9)10;/h7-9H,1-6,11H2;1-4,8H;1H2. The van der Waals surface area contributed by atoms with Gasteiger partial charge in [0.15, 0.2) is 0 Å². The lowest BCUT2D eigenvalue weighted by Crippen LogP contribution is -2.77. The lowest BCUT2D eigenvalue weighted by Gasteiger charge is -2.52. The minimum absolute atomic E-state index is 0. The maximum absolute atomic E-state index is 10.4. The molecule has 4 fully saturated rings. The van der Waals surface area contributed by atoms with Gasteiger partial charge in [0.2, 0.25) is 0 Å². The summed E-state index contributed by atoms with van der Waals surface area (Å²) in [6, 6.07) is 4.70. The molecule has 6 nitrogen and oxygen atoms in total. The van der Waals surface area contributed by atoms with Crippen LogP contribution in [0.2, 0.25) is 0 Å². The van der Waals surface area contributed by atoms with Crippen LogP contribution >= 0.6 is 0 Å². The lowest BCUT2D eigenvalue weighted by molar-refractivity contribution is -0.504. The van der Waals surface area contributed by atoms with E-state index < -0.39 is 4.92 Å². The van der Waals surface area contributed by atoms with Gasteiger partial charge in [-0.15, -0.1) is 5.75 Å². The predicted octanol–water partition coefficient (Wildman–Crippen LogP) is 1.04. The van der Waals surface area contributed by atoms with E-state index in [-0.39, 0.29) is 16.9 Å². The molecule has 4 bridgehead atoms. The van der Waals surface area contributed by atoms with E-state index in [2.05, 4.69) is 5.73 Å². The quantitative estimate of drug-likeness (QED) is 0.615. The predicted molar refractivity (Wildman–Crippen MR) is 79.9 cm³/mol. The summed E-state index contributed by atoms with van der Waals surface area (Å²) < 4.78 is 0. The van der Waals surface area contributed by atoms with Crippen LogP contribution in [0.1, 0.15) is 38.5 Å². The number of quaternary nitrogens is 1. The summed E-state index contributed by atoms with van der Waals surface area (Å²) in [7, 11) is 0. The van der Waals surface area contributed by atoms with Crippen molar-refractivity contribution in [3.05, 3.63) is 34.4 Å². The average Bonchev–Trinajstić information content (AvgIpc) is 2.36. The van der Waals surface area contributed by atoms with E-state index in [1.165, 1.54) is 31.4 Å². The summed E-state index contributed by atoms with van der Waals surface area (Å²) in [6.45, 7) is 0. The SMILES string of the molecule is O.O=[N+]([O-])c1ccc([O-])cc1.[NH3+]C12CC3CC(CC(C3)C1)C2. The highest BCUT2D eigenvalue weighted by Gasteiger charge is 2.51. The molecule has 0 aliphatic heterocycles. The number of nitro groups is 1. The first kappa shape index (κ1) is 16.7. The molecule has 0 radical (unpaired) electrons. The Hall–Kier alpha value is -1.66. The van der Waals surface area contributed by atoms with Crippen LogP contribution in [-0.4, -0.2) is 15.9 Å². The summed E-state index contributed by atoms with van der Waals surface area (Å²) in [4.78, 5) is 9.47. The molecule has 0 spiro atoms. The van der Waals surface area contributed by atoms with Gasteiger partial charge in [-0.2, -0.15) is 0 Å². The number of non-ortho nitro benzene ring substituents is 1. The van der Waals surface area contributed by atoms with Crippen molar-refractivity contribution in [2.75, 3.05) is 0 Å². The molecule has 4 aliphatic carbocycles. The fraction of sp³-hybridized carbons (Fsp3) is 0.625. The third kappa shape index (κ3) is 3.56. The van der Waals surface area contributed by atoms with Crippen LogP contribution in [0, 0.1) is 27.9 Å². The molecule has 22 heavy (non-hydrogen) atoms. The zero-order valence-electron chi connectivity index (χ0n) is 12.7. The molecule has 4 aliphatic rings. The molecular weight excluding hydrogens is 284 g/mol. The van der Waals surface area contributed by atoms with Crippen LogP contribution in [0.25, 0.3) is 0 Å². The molecule has 122 valence electrons. The van der Waals surface area contributed by atoms with Crippen LogP contribution in [-0.2, 0) is 0 Å². The Morgan fingerprint density at radius 2 is 1.41 bits per heavy atom. The van der Waals surface area contributed by atoms with E-state index >= 15 is 0 Å². The molecule has 1 aromatic carbocycles. The molecule has 0 saturated heterocycles. The van der Waals surface area contributed by atoms with E-state index in [4.69, 9.17) is 0 Å². The van der Waals surface area contributed by atoms with Crippen molar-refractivity contribution in [1.29, 1.82) is 0 Å². The largest absolute Gasteiger partial charge is 0.872 e. The van der Waals surface area contributed by atoms with Crippen LogP contribution < -0.4 is 10.8 Å². The van der Waals surface area contributed by atoms with Gasteiger partial charge in [0.1, 0.15) is 0 Å². The Bertz CT molecular complexity index is 494. The minimum atomic E-state index is -0.542. The zero-order chi connectivity index (χ0) is 15.0. The van der Waals surface area contributed by atoms with Crippen molar-refractivity contribution in [2.45, 2.75) is 44.1 Å². The van der Waals surface area contributed by atoms with Gasteiger partial charge >= 0.3 is 0 Å². The molecule has 5 N–H and O–H groups in total. The van der Waals surface area contributed by atoms with Crippen LogP contribution in [0.5, 0.6) is 5.75 Å². The Kier molecular flexibility index (Phi) is 4.72.